The van der Waals surface area contributed by atoms with Crippen LogP contribution in [0.25, 0.3) is 10.9 Å². The Labute approximate surface area is 133 Å². The van der Waals surface area contributed by atoms with E-state index < -0.39 is 0 Å². The molecule has 0 spiro atoms. The van der Waals surface area contributed by atoms with E-state index in [2.05, 4.69) is 15.2 Å². The van der Waals surface area contributed by atoms with Gasteiger partial charge in [-0.25, -0.2) is 4.98 Å². The van der Waals surface area contributed by atoms with E-state index in [-0.39, 0.29) is 5.84 Å². The monoisotopic (exact) mass is 333 g/mol. The van der Waals surface area contributed by atoms with Crippen molar-refractivity contribution in [1.82, 2.24) is 15.2 Å². The van der Waals surface area contributed by atoms with Crippen LogP contribution in [-0.4, -0.2) is 27.3 Å². The molecule has 1 aromatic carbocycles. The summed E-state index contributed by atoms with van der Waals surface area (Å²) in [4.78, 5) is 4.60. The fourth-order valence-electron chi connectivity index (χ4n) is 1.77. The Morgan fingerprint density at radius 1 is 1.24 bits per heavy atom. The highest BCUT2D eigenvalue weighted by Gasteiger charge is 2.13. The van der Waals surface area contributed by atoms with Gasteiger partial charge in [-0.1, -0.05) is 41.3 Å². The molecule has 0 bridgehead atoms. The number of nitrogens with one attached hydrogen (secondary N) is 1. The second-order valence-corrected chi connectivity index (χ2v) is 7.35. The predicted octanol–water partition coefficient (Wildman–Crippen LogP) is 3.24. The molecule has 2 heterocycles. The van der Waals surface area contributed by atoms with Crippen molar-refractivity contribution >= 4 is 51.6 Å². The summed E-state index contributed by atoms with van der Waals surface area (Å²) in [6.45, 7) is 0. The number of benzene rings is 1. The number of pyridine rings is 1. The fraction of sp³-hybridized carbons (Fsp3) is 0.0769. The molecule has 2 aromatic heterocycles. The number of fused-ring (bicyclic) bond motifs is 1. The zero-order valence-corrected chi connectivity index (χ0v) is 13.5. The average molecular weight is 333 g/mol. The number of hydrogen-bond acceptors (Lipinski definition) is 7. The first-order valence-corrected chi connectivity index (χ1v) is 8.82. The normalized spacial score (nSPS) is 10.9. The topological polar surface area (TPSA) is 88.5 Å². The second-order valence-electron chi connectivity index (χ2n) is 4.09. The summed E-state index contributed by atoms with van der Waals surface area (Å²) in [5.74, 6) is 0.00496. The molecule has 0 unspecified atom stereocenters. The van der Waals surface area contributed by atoms with E-state index in [9.17, 15) is 0 Å². The van der Waals surface area contributed by atoms with E-state index in [4.69, 9.17) is 11.1 Å². The molecule has 5 nitrogen and oxygen atoms in total. The number of thioether (sulfide) groups is 1. The molecule has 0 aliphatic heterocycles. The lowest BCUT2D eigenvalue weighted by atomic mass is 10.1. The highest BCUT2D eigenvalue weighted by molar-refractivity contribution is 8.03. The van der Waals surface area contributed by atoms with Crippen LogP contribution < -0.4 is 5.73 Å². The lowest BCUT2D eigenvalue weighted by molar-refractivity contribution is 0.954. The van der Waals surface area contributed by atoms with Gasteiger partial charge in [0.2, 0.25) is 0 Å². The molecule has 0 saturated heterocycles. The Morgan fingerprint density at radius 3 is 2.71 bits per heavy atom. The molecule has 0 fully saturated rings. The van der Waals surface area contributed by atoms with Crippen molar-refractivity contribution in [1.29, 1.82) is 5.41 Å². The van der Waals surface area contributed by atoms with Gasteiger partial charge in [0.25, 0.3) is 0 Å². The SMILES string of the molecule is CSc1nnc(Sc2nc3ccccc3cc2C(=N)N)s1. The van der Waals surface area contributed by atoms with Crippen LogP contribution in [0.1, 0.15) is 5.56 Å². The summed E-state index contributed by atoms with van der Waals surface area (Å²) in [6, 6.07) is 9.67. The zero-order chi connectivity index (χ0) is 14.8. The smallest absolute Gasteiger partial charge is 0.181 e. The van der Waals surface area contributed by atoms with Gasteiger partial charge in [0.1, 0.15) is 10.9 Å². The molecule has 0 amide bonds. The van der Waals surface area contributed by atoms with E-state index >= 15 is 0 Å². The third-order valence-corrected chi connectivity index (χ3v) is 5.68. The van der Waals surface area contributed by atoms with Crippen molar-refractivity contribution in [2.75, 3.05) is 6.26 Å². The predicted molar refractivity (Wildman–Crippen MR) is 88.6 cm³/mol. The van der Waals surface area contributed by atoms with Crippen molar-refractivity contribution in [3.8, 4) is 0 Å². The molecule has 3 aromatic rings. The summed E-state index contributed by atoms with van der Waals surface area (Å²) < 4.78 is 1.70. The van der Waals surface area contributed by atoms with E-state index in [0.717, 1.165) is 19.6 Å². The number of amidine groups is 1. The summed E-state index contributed by atoms with van der Waals surface area (Å²) >= 11 is 4.46. The van der Waals surface area contributed by atoms with Crippen molar-refractivity contribution in [2.45, 2.75) is 13.7 Å². The summed E-state index contributed by atoms with van der Waals surface area (Å²) in [7, 11) is 0. The van der Waals surface area contributed by atoms with Crippen LogP contribution in [-0.2, 0) is 0 Å². The first-order valence-electron chi connectivity index (χ1n) is 5.97. The number of nitrogen functional groups attached to an aromatic ring is 1. The van der Waals surface area contributed by atoms with Gasteiger partial charge >= 0.3 is 0 Å². The average Bonchev–Trinajstić information content (AvgIpc) is 2.94. The number of hydrogen-bond donors (Lipinski definition) is 2. The van der Waals surface area contributed by atoms with Crippen LogP contribution in [0, 0.1) is 5.41 Å². The number of para-hydroxylation sites is 1. The standard InChI is InChI=1S/C13H11N5S3/c1-19-12-17-18-13(21-12)20-11-8(10(14)15)6-7-4-2-3-5-9(7)16-11/h2-6H,1H3,(H3,14,15). The van der Waals surface area contributed by atoms with Crippen LogP contribution in [0.2, 0.25) is 0 Å². The number of rotatable bonds is 4. The molecule has 106 valence electrons. The molecular weight excluding hydrogens is 322 g/mol. The lowest BCUT2D eigenvalue weighted by Gasteiger charge is -2.07. The van der Waals surface area contributed by atoms with Gasteiger partial charge in [-0.2, -0.15) is 0 Å². The Balaban J connectivity index is 2.06. The molecule has 3 N–H and O–H groups in total. The summed E-state index contributed by atoms with van der Waals surface area (Å²) in [6.07, 6.45) is 1.96. The minimum absolute atomic E-state index is 0.00496. The van der Waals surface area contributed by atoms with Crippen LogP contribution >= 0.6 is 34.9 Å². The minimum atomic E-state index is 0.00496. The van der Waals surface area contributed by atoms with Crippen LogP contribution in [0.3, 0.4) is 0 Å². The third-order valence-electron chi connectivity index (χ3n) is 2.73. The molecule has 0 aliphatic rings. The number of nitrogens with two attached hydrogens (primary N) is 1. The van der Waals surface area contributed by atoms with E-state index in [1.165, 1.54) is 23.1 Å². The lowest BCUT2D eigenvalue weighted by Crippen LogP contribution is -2.13. The molecular formula is C13H11N5S3. The van der Waals surface area contributed by atoms with Gasteiger partial charge in [-0.15, -0.1) is 10.2 Å². The summed E-state index contributed by atoms with van der Waals surface area (Å²) in [5, 5.41) is 17.6. The highest BCUT2D eigenvalue weighted by atomic mass is 32.2. The van der Waals surface area contributed by atoms with E-state index in [1.807, 2.05) is 36.6 Å². The highest BCUT2D eigenvalue weighted by Crippen LogP contribution is 2.34. The first kappa shape index (κ1) is 14.3. The van der Waals surface area contributed by atoms with Crippen molar-refractivity contribution in [3.63, 3.8) is 0 Å². The molecule has 21 heavy (non-hydrogen) atoms. The van der Waals surface area contributed by atoms with Crippen molar-refractivity contribution in [3.05, 3.63) is 35.9 Å². The molecule has 0 aliphatic carbocycles. The van der Waals surface area contributed by atoms with Gasteiger partial charge < -0.3 is 5.73 Å². The fourth-order valence-corrected chi connectivity index (χ4v) is 4.25. The molecule has 8 heteroatoms. The largest absolute Gasteiger partial charge is 0.384 e. The maximum absolute atomic E-state index is 7.75. The maximum atomic E-state index is 7.75. The third kappa shape index (κ3) is 3.02. The molecule has 0 radical (unpaired) electrons. The van der Waals surface area contributed by atoms with Crippen molar-refractivity contribution < 1.29 is 0 Å². The van der Waals surface area contributed by atoms with Gasteiger partial charge in [0, 0.05) is 10.9 Å². The Kier molecular flexibility index (Phi) is 4.09. The van der Waals surface area contributed by atoms with Gasteiger partial charge in [0.05, 0.1) is 5.52 Å². The number of aromatic nitrogens is 3. The zero-order valence-electron chi connectivity index (χ0n) is 11.0. The molecule has 3 rings (SSSR count). The molecule has 0 saturated carbocycles. The van der Waals surface area contributed by atoms with E-state index in [0.29, 0.717) is 10.6 Å². The van der Waals surface area contributed by atoms with Crippen molar-refractivity contribution in [2.24, 2.45) is 5.73 Å². The van der Waals surface area contributed by atoms with Crippen LogP contribution in [0.15, 0.2) is 44.0 Å². The Morgan fingerprint density at radius 2 is 2.00 bits per heavy atom. The summed E-state index contributed by atoms with van der Waals surface area (Å²) in [5.41, 5.74) is 7.18. The maximum Gasteiger partial charge on any atom is 0.181 e. The number of nitrogens with zero attached hydrogens (tertiary/aromatic N) is 3. The molecule has 0 atom stereocenters. The first-order chi connectivity index (χ1) is 10.2. The quantitative estimate of drug-likeness (QED) is 0.433. The second kappa shape index (κ2) is 6.00. The Bertz CT molecular complexity index is 814. The minimum Gasteiger partial charge on any atom is -0.384 e. The van der Waals surface area contributed by atoms with Crippen LogP contribution in [0.4, 0.5) is 0 Å². The van der Waals surface area contributed by atoms with E-state index in [1.54, 1.807) is 11.8 Å². The Hall–Kier alpha value is -1.64. The van der Waals surface area contributed by atoms with Gasteiger partial charge in [-0.05, 0) is 30.2 Å². The van der Waals surface area contributed by atoms with Crippen LogP contribution in [0.5, 0.6) is 0 Å². The van der Waals surface area contributed by atoms with Gasteiger partial charge in [0.15, 0.2) is 8.68 Å². The van der Waals surface area contributed by atoms with Gasteiger partial charge in [-0.3, -0.25) is 5.41 Å².